The van der Waals surface area contributed by atoms with Gasteiger partial charge in [0.15, 0.2) is 6.10 Å². The summed E-state index contributed by atoms with van der Waals surface area (Å²) < 4.78 is 16.8. The molecule has 0 aromatic carbocycles. The SMILES string of the molecule is CC/C=C\C/C=C\C/C=C\C/C=C\C/C=C\CCCCCC(=O)OC(COC(=O)CCCCCCCCCC)COC(=O)CCCCCCCCCC/C=C\C/C=C\C/C=C\CCCCCCC. The van der Waals surface area contributed by atoms with Gasteiger partial charge in [-0.05, 0) is 103 Å². The second kappa shape index (κ2) is 55.9. The van der Waals surface area contributed by atoms with Gasteiger partial charge in [-0.25, -0.2) is 0 Å². The van der Waals surface area contributed by atoms with Crippen molar-refractivity contribution < 1.29 is 28.6 Å². The number of unbranched alkanes of at least 4 members (excludes halogenated alkanes) is 23. The Labute approximate surface area is 419 Å². The van der Waals surface area contributed by atoms with Crippen LogP contribution in [0, 0.1) is 0 Å². The summed E-state index contributed by atoms with van der Waals surface area (Å²) in [5.41, 5.74) is 0. The number of allylic oxidation sites excluding steroid dienone is 16. The average Bonchev–Trinajstić information content (AvgIpc) is 3.34. The van der Waals surface area contributed by atoms with Gasteiger partial charge < -0.3 is 14.2 Å². The summed E-state index contributed by atoms with van der Waals surface area (Å²) in [5, 5.41) is 0. The molecule has 0 saturated heterocycles. The molecule has 0 aliphatic rings. The fourth-order valence-electron chi connectivity index (χ4n) is 7.59. The van der Waals surface area contributed by atoms with Crippen molar-refractivity contribution in [2.24, 2.45) is 0 Å². The van der Waals surface area contributed by atoms with Gasteiger partial charge in [0.05, 0.1) is 0 Å². The van der Waals surface area contributed by atoms with E-state index in [2.05, 4.69) is 118 Å². The highest BCUT2D eigenvalue weighted by Gasteiger charge is 2.19. The van der Waals surface area contributed by atoms with Gasteiger partial charge >= 0.3 is 17.9 Å². The number of carbonyl (C=O) groups is 3. The molecule has 0 heterocycles. The Balaban J connectivity index is 4.32. The van der Waals surface area contributed by atoms with E-state index < -0.39 is 6.10 Å². The van der Waals surface area contributed by atoms with Crippen molar-refractivity contribution in [3.05, 3.63) is 97.2 Å². The molecule has 0 aliphatic heterocycles. The first-order chi connectivity index (χ1) is 33.5. The fourth-order valence-corrected chi connectivity index (χ4v) is 7.59. The molecular formula is C62H104O6. The van der Waals surface area contributed by atoms with E-state index in [0.29, 0.717) is 12.8 Å². The van der Waals surface area contributed by atoms with E-state index in [1.165, 1.54) is 103 Å². The third-order valence-electron chi connectivity index (χ3n) is 11.8. The molecule has 6 nitrogen and oxygen atoms in total. The first-order valence-corrected chi connectivity index (χ1v) is 28.2. The number of hydrogen-bond acceptors (Lipinski definition) is 6. The smallest absolute Gasteiger partial charge is 0.306 e. The van der Waals surface area contributed by atoms with Gasteiger partial charge in [-0.3, -0.25) is 14.4 Å². The van der Waals surface area contributed by atoms with Crippen molar-refractivity contribution in [3.63, 3.8) is 0 Å². The Morgan fingerprint density at radius 2 is 0.574 bits per heavy atom. The molecule has 0 radical (unpaired) electrons. The molecule has 0 rings (SSSR count). The second-order valence-electron chi connectivity index (χ2n) is 18.5. The molecule has 0 spiro atoms. The van der Waals surface area contributed by atoms with Crippen LogP contribution in [0.4, 0.5) is 0 Å². The van der Waals surface area contributed by atoms with Gasteiger partial charge in [0.1, 0.15) is 13.2 Å². The summed E-state index contributed by atoms with van der Waals surface area (Å²) in [5.74, 6) is -0.937. The number of rotatable bonds is 50. The summed E-state index contributed by atoms with van der Waals surface area (Å²) in [6.07, 6.45) is 74.1. The van der Waals surface area contributed by atoms with Gasteiger partial charge in [0.25, 0.3) is 0 Å². The van der Waals surface area contributed by atoms with Gasteiger partial charge in [-0.15, -0.1) is 0 Å². The van der Waals surface area contributed by atoms with Crippen molar-refractivity contribution in [2.75, 3.05) is 13.2 Å². The molecule has 0 fully saturated rings. The van der Waals surface area contributed by atoms with E-state index in [4.69, 9.17) is 14.2 Å². The van der Waals surface area contributed by atoms with Crippen LogP contribution in [0.1, 0.15) is 258 Å². The Morgan fingerprint density at radius 1 is 0.309 bits per heavy atom. The first-order valence-electron chi connectivity index (χ1n) is 28.2. The Kier molecular flexibility index (Phi) is 52.9. The minimum absolute atomic E-state index is 0.0932. The van der Waals surface area contributed by atoms with Crippen molar-refractivity contribution >= 4 is 17.9 Å². The lowest BCUT2D eigenvalue weighted by Crippen LogP contribution is -2.30. The minimum Gasteiger partial charge on any atom is -0.462 e. The Hall–Kier alpha value is -3.67. The predicted molar refractivity (Wildman–Crippen MR) is 293 cm³/mol. The van der Waals surface area contributed by atoms with Gasteiger partial charge in [-0.1, -0.05) is 234 Å². The molecule has 388 valence electrons. The molecule has 6 heteroatoms. The molecule has 0 N–H and O–H groups in total. The molecule has 1 unspecified atom stereocenters. The fraction of sp³-hybridized carbons (Fsp3) is 0.694. The monoisotopic (exact) mass is 945 g/mol. The Bertz CT molecular complexity index is 1360. The standard InChI is InChI=1S/C62H104O6/c1-4-7-10-13-16-19-21-23-25-27-29-30-31-32-34-35-37-39-41-43-46-49-52-55-61(64)67-58-59(57-66-60(63)54-51-48-45-18-15-12-9-6-3)68-62(65)56-53-50-47-44-42-40-38-36-33-28-26-24-22-20-17-14-11-8-5-2/h8,11,17,20-21,23-24,26-27,29,31-33,36,40,42,59H,4-7,9-10,12-16,18-19,22,25,28,30,34-35,37-39,41,43-58H2,1-3H3/b11-8-,20-17-,23-21-,26-24-,29-27-,32-31-,36-33-,42-40-. The summed E-state index contributed by atoms with van der Waals surface area (Å²) in [6, 6.07) is 0. The van der Waals surface area contributed by atoms with Crippen molar-refractivity contribution in [1.29, 1.82) is 0 Å². The quantitative estimate of drug-likeness (QED) is 0.0262. The molecule has 1 atom stereocenters. The van der Waals surface area contributed by atoms with E-state index in [1.54, 1.807) is 0 Å². The topological polar surface area (TPSA) is 78.9 Å². The molecule has 0 aliphatic carbocycles. The van der Waals surface area contributed by atoms with Crippen LogP contribution in [0.5, 0.6) is 0 Å². The lowest BCUT2D eigenvalue weighted by atomic mass is 10.1. The Morgan fingerprint density at radius 3 is 0.912 bits per heavy atom. The van der Waals surface area contributed by atoms with Crippen LogP contribution in [0.2, 0.25) is 0 Å². The highest BCUT2D eigenvalue weighted by Crippen LogP contribution is 2.14. The largest absolute Gasteiger partial charge is 0.462 e. The third kappa shape index (κ3) is 53.3. The van der Waals surface area contributed by atoms with E-state index >= 15 is 0 Å². The van der Waals surface area contributed by atoms with Crippen LogP contribution in [-0.2, 0) is 28.6 Å². The molecule has 0 aromatic heterocycles. The second-order valence-corrected chi connectivity index (χ2v) is 18.5. The van der Waals surface area contributed by atoms with Crippen LogP contribution in [0.25, 0.3) is 0 Å². The molecule has 0 bridgehead atoms. The molecule has 68 heavy (non-hydrogen) atoms. The normalized spacial score (nSPS) is 12.8. The lowest BCUT2D eigenvalue weighted by Gasteiger charge is -2.18. The summed E-state index contributed by atoms with van der Waals surface area (Å²) in [6.45, 7) is 6.45. The maximum atomic E-state index is 12.8. The van der Waals surface area contributed by atoms with E-state index in [-0.39, 0.29) is 37.5 Å². The zero-order valence-corrected chi connectivity index (χ0v) is 44.3. The maximum Gasteiger partial charge on any atom is 0.306 e. The van der Waals surface area contributed by atoms with E-state index in [9.17, 15) is 14.4 Å². The zero-order chi connectivity index (χ0) is 49.3. The van der Waals surface area contributed by atoms with Crippen molar-refractivity contribution in [3.8, 4) is 0 Å². The maximum absolute atomic E-state index is 12.8. The van der Waals surface area contributed by atoms with Crippen LogP contribution < -0.4 is 0 Å². The summed E-state index contributed by atoms with van der Waals surface area (Å²) in [7, 11) is 0. The van der Waals surface area contributed by atoms with Crippen LogP contribution in [0.3, 0.4) is 0 Å². The van der Waals surface area contributed by atoms with E-state index in [1.807, 2.05) is 0 Å². The molecule has 0 saturated carbocycles. The zero-order valence-electron chi connectivity index (χ0n) is 44.3. The van der Waals surface area contributed by atoms with Gasteiger partial charge in [0.2, 0.25) is 0 Å². The average molecular weight is 946 g/mol. The van der Waals surface area contributed by atoms with Crippen molar-refractivity contribution in [2.45, 2.75) is 264 Å². The van der Waals surface area contributed by atoms with Crippen molar-refractivity contribution in [1.82, 2.24) is 0 Å². The third-order valence-corrected chi connectivity index (χ3v) is 11.8. The van der Waals surface area contributed by atoms with Crippen LogP contribution in [0.15, 0.2) is 97.2 Å². The summed E-state index contributed by atoms with van der Waals surface area (Å²) >= 11 is 0. The van der Waals surface area contributed by atoms with Gasteiger partial charge in [-0.2, -0.15) is 0 Å². The number of carbonyl (C=O) groups excluding carboxylic acids is 3. The first kappa shape index (κ1) is 64.3. The van der Waals surface area contributed by atoms with Gasteiger partial charge in [0, 0.05) is 19.3 Å². The highest BCUT2D eigenvalue weighted by atomic mass is 16.6. The summed E-state index contributed by atoms with van der Waals surface area (Å²) in [4.78, 5) is 38.0. The number of esters is 3. The van der Waals surface area contributed by atoms with E-state index in [0.717, 1.165) is 116 Å². The lowest BCUT2D eigenvalue weighted by molar-refractivity contribution is -0.167. The van der Waals surface area contributed by atoms with Crippen LogP contribution in [-0.4, -0.2) is 37.2 Å². The number of hydrogen-bond donors (Lipinski definition) is 0. The predicted octanol–water partition coefficient (Wildman–Crippen LogP) is 18.9. The number of ether oxygens (including phenoxy) is 3. The molecular weight excluding hydrogens is 841 g/mol. The minimum atomic E-state index is -0.797. The molecule has 0 amide bonds. The molecule has 0 aromatic rings. The van der Waals surface area contributed by atoms with Crippen LogP contribution >= 0.6 is 0 Å². The highest BCUT2D eigenvalue weighted by molar-refractivity contribution is 5.71.